The highest BCUT2D eigenvalue weighted by Crippen LogP contribution is 2.26. The van der Waals surface area contributed by atoms with Crippen LogP contribution in [-0.2, 0) is 15.6 Å². The minimum atomic E-state index is -3.09. The number of fused-ring (bicyclic) bond motifs is 1. The first-order chi connectivity index (χ1) is 7.92. The Hall–Kier alpha value is -1.29. The Balaban J connectivity index is 2.51. The SMILES string of the molecule is Cc1cccc2occ(CS(=O)(=O)C(C)C)c12. The molecule has 0 saturated heterocycles. The summed E-state index contributed by atoms with van der Waals surface area (Å²) in [6.45, 7) is 5.36. The summed E-state index contributed by atoms with van der Waals surface area (Å²) in [4.78, 5) is 0. The number of hydrogen-bond donors (Lipinski definition) is 0. The van der Waals surface area contributed by atoms with Gasteiger partial charge in [-0.1, -0.05) is 12.1 Å². The summed E-state index contributed by atoms with van der Waals surface area (Å²) >= 11 is 0. The summed E-state index contributed by atoms with van der Waals surface area (Å²) in [7, 11) is -3.09. The summed E-state index contributed by atoms with van der Waals surface area (Å²) in [5, 5.41) is 0.563. The predicted octanol–water partition coefficient (Wildman–Crippen LogP) is 3.06. The lowest BCUT2D eigenvalue weighted by Gasteiger charge is -2.06. The van der Waals surface area contributed by atoms with Crippen molar-refractivity contribution in [2.24, 2.45) is 0 Å². The zero-order chi connectivity index (χ0) is 12.6. The van der Waals surface area contributed by atoms with Crippen LogP contribution < -0.4 is 0 Å². The zero-order valence-corrected chi connectivity index (χ0v) is 11.0. The van der Waals surface area contributed by atoms with E-state index in [1.807, 2.05) is 25.1 Å². The number of hydrogen-bond acceptors (Lipinski definition) is 3. The minimum absolute atomic E-state index is 0.0442. The first kappa shape index (κ1) is 12.2. The van der Waals surface area contributed by atoms with Gasteiger partial charge >= 0.3 is 0 Å². The van der Waals surface area contributed by atoms with Crippen molar-refractivity contribution in [2.45, 2.75) is 31.8 Å². The standard InChI is InChI=1S/C13H16O3S/c1-9(2)17(14,15)8-11-7-16-12-6-4-5-10(3)13(11)12/h4-7,9H,8H2,1-3H3. The van der Waals surface area contributed by atoms with Gasteiger partial charge in [-0.2, -0.15) is 0 Å². The average molecular weight is 252 g/mol. The highest BCUT2D eigenvalue weighted by atomic mass is 32.2. The molecule has 92 valence electrons. The maximum atomic E-state index is 11.9. The second kappa shape index (κ2) is 4.18. The van der Waals surface area contributed by atoms with Crippen LogP contribution >= 0.6 is 0 Å². The van der Waals surface area contributed by atoms with Gasteiger partial charge in [0, 0.05) is 10.9 Å². The fourth-order valence-electron chi connectivity index (χ4n) is 1.83. The van der Waals surface area contributed by atoms with E-state index in [2.05, 4.69) is 0 Å². The van der Waals surface area contributed by atoms with Crippen LogP contribution in [0.15, 0.2) is 28.9 Å². The van der Waals surface area contributed by atoms with E-state index in [1.54, 1.807) is 20.1 Å². The lowest BCUT2D eigenvalue weighted by Crippen LogP contribution is -2.15. The van der Waals surface area contributed by atoms with Crippen LogP contribution in [0, 0.1) is 6.92 Å². The number of rotatable bonds is 3. The number of benzene rings is 1. The third-order valence-electron chi connectivity index (χ3n) is 2.96. The van der Waals surface area contributed by atoms with Crippen LogP contribution in [0.25, 0.3) is 11.0 Å². The van der Waals surface area contributed by atoms with Crippen molar-refractivity contribution >= 4 is 20.8 Å². The van der Waals surface area contributed by atoms with Gasteiger partial charge < -0.3 is 4.42 Å². The van der Waals surface area contributed by atoms with E-state index in [0.717, 1.165) is 22.1 Å². The van der Waals surface area contributed by atoms with Crippen LogP contribution in [-0.4, -0.2) is 13.7 Å². The van der Waals surface area contributed by atoms with Gasteiger partial charge in [-0.25, -0.2) is 8.42 Å². The Kier molecular flexibility index (Phi) is 3.00. The van der Waals surface area contributed by atoms with Crippen LogP contribution in [0.4, 0.5) is 0 Å². The lowest BCUT2D eigenvalue weighted by atomic mass is 10.1. The van der Waals surface area contributed by atoms with E-state index >= 15 is 0 Å². The molecule has 2 aromatic rings. The Bertz CT molecular complexity index is 636. The van der Waals surface area contributed by atoms with Crippen molar-refractivity contribution in [1.29, 1.82) is 0 Å². The van der Waals surface area contributed by atoms with Crippen molar-refractivity contribution in [3.05, 3.63) is 35.6 Å². The van der Waals surface area contributed by atoms with E-state index in [9.17, 15) is 8.42 Å². The zero-order valence-electron chi connectivity index (χ0n) is 10.2. The molecule has 0 amide bonds. The monoisotopic (exact) mass is 252 g/mol. The molecule has 17 heavy (non-hydrogen) atoms. The quantitative estimate of drug-likeness (QED) is 0.843. The van der Waals surface area contributed by atoms with Crippen molar-refractivity contribution in [3.63, 3.8) is 0 Å². The fourth-order valence-corrected chi connectivity index (χ4v) is 2.81. The van der Waals surface area contributed by atoms with Crippen LogP contribution in [0.3, 0.4) is 0 Å². The van der Waals surface area contributed by atoms with Gasteiger partial charge in [0.15, 0.2) is 9.84 Å². The average Bonchev–Trinajstić information content (AvgIpc) is 2.62. The first-order valence-corrected chi connectivity index (χ1v) is 7.30. The molecule has 0 N–H and O–H groups in total. The Morgan fingerprint density at radius 3 is 2.65 bits per heavy atom. The first-order valence-electron chi connectivity index (χ1n) is 5.59. The Morgan fingerprint density at radius 2 is 2.00 bits per heavy atom. The van der Waals surface area contributed by atoms with E-state index in [0.29, 0.717) is 0 Å². The molecular formula is C13H16O3S. The second-order valence-electron chi connectivity index (χ2n) is 4.56. The van der Waals surface area contributed by atoms with Gasteiger partial charge in [-0.15, -0.1) is 0 Å². The molecule has 2 rings (SSSR count). The molecule has 0 saturated carbocycles. The molecule has 3 nitrogen and oxygen atoms in total. The van der Waals surface area contributed by atoms with Gasteiger partial charge in [0.25, 0.3) is 0 Å². The van der Waals surface area contributed by atoms with Crippen molar-refractivity contribution in [1.82, 2.24) is 0 Å². The highest BCUT2D eigenvalue weighted by Gasteiger charge is 2.20. The molecule has 0 radical (unpaired) electrons. The summed E-state index contributed by atoms with van der Waals surface area (Å²) in [5.41, 5.74) is 2.55. The molecule has 0 aliphatic rings. The molecule has 0 atom stereocenters. The van der Waals surface area contributed by atoms with E-state index < -0.39 is 9.84 Å². The van der Waals surface area contributed by atoms with Crippen molar-refractivity contribution in [2.75, 3.05) is 0 Å². The smallest absolute Gasteiger partial charge is 0.156 e. The van der Waals surface area contributed by atoms with E-state index in [1.165, 1.54) is 0 Å². The molecule has 0 bridgehead atoms. The molecule has 0 aliphatic carbocycles. The molecular weight excluding hydrogens is 236 g/mol. The molecule has 1 aromatic carbocycles. The molecule has 0 fully saturated rings. The number of sulfone groups is 1. The topological polar surface area (TPSA) is 47.3 Å². The molecule has 1 aromatic heterocycles. The summed E-state index contributed by atoms with van der Waals surface area (Å²) in [6, 6.07) is 5.72. The van der Waals surface area contributed by atoms with Gasteiger partial charge in [-0.3, -0.25) is 0 Å². The van der Waals surface area contributed by atoms with E-state index in [4.69, 9.17) is 4.42 Å². The van der Waals surface area contributed by atoms with Crippen LogP contribution in [0.2, 0.25) is 0 Å². The highest BCUT2D eigenvalue weighted by molar-refractivity contribution is 7.91. The predicted molar refractivity (Wildman–Crippen MR) is 68.7 cm³/mol. The molecule has 0 unspecified atom stereocenters. The largest absolute Gasteiger partial charge is 0.464 e. The van der Waals surface area contributed by atoms with Crippen LogP contribution in [0.5, 0.6) is 0 Å². The maximum absolute atomic E-state index is 11.9. The van der Waals surface area contributed by atoms with Crippen molar-refractivity contribution in [3.8, 4) is 0 Å². The van der Waals surface area contributed by atoms with Gasteiger partial charge in [0.1, 0.15) is 5.58 Å². The molecule has 1 heterocycles. The maximum Gasteiger partial charge on any atom is 0.156 e. The summed E-state index contributed by atoms with van der Waals surface area (Å²) in [5.74, 6) is 0.0442. The summed E-state index contributed by atoms with van der Waals surface area (Å²) < 4.78 is 29.2. The second-order valence-corrected chi connectivity index (χ2v) is 7.12. The van der Waals surface area contributed by atoms with Crippen LogP contribution in [0.1, 0.15) is 25.0 Å². The third kappa shape index (κ3) is 2.22. The minimum Gasteiger partial charge on any atom is -0.464 e. The molecule has 0 spiro atoms. The lowest BCUT2D eigenvalue weighted by molar-refractivity contribution is 0.584. The molecule has 4 heteroatoms. The van der Waals surface area contributed by atoms with Gasteiger partial charge in [0.05, 0.1) is 17.3 Å². The van der Waals surface area contributed by atoms with Gasteiger partial charge in [0.2, 0.25) is 0 Å². The number of furan rings is 1. The van der Waals surface area contributed by atoms with Crippen molar-refractivity contribution < 1.29 is 12.8 Å². The Morgan fingerprint density at radius 1 is 1.29 bits per heavy atom. The Labute approximate surface area is 101 Å². The number of aryl methyl sites for hydroxylation is 1. The summed E-state index contributed by atoms with van der Waals surface area (Å²) in [6.07, 6.45) is 1.55. The van der Waals surface area contributed by atoms with Gasteiger partial charge in [-0.05, 0) is 32.4 Å². The fraction of sp³-hybridized carbons (Fsp3) is 0.385. The normalized spacial score (nSPS) is 12.5. The third-order valence-corrected chi connectivity index (χ3v) is 5.11. The van der Waals surface area contributed by atoms with E-state index in [-0.39, 0.29) is 11.0 Å². The molecule has 0 aliphatic heterocycles.